The maximum Gasteiger partial charge on any atom is 0.410 e. The lowest BCUT2D eigenvalue weighted by atomic mass is 9.85. The van der Waals surface area contributed by atoms with Crippen molar-refractivity contribution in [2.75, 3.05) is 26.0 Å². The van der Waals surface area contributed by atoms with Crippen molar-refractivity contribution in [2.24, 2.45) is 5.92 Å². The number of benzene rings is 1. The molecule has 1 aromatic rings. The molecule has 3 aliphatic rings. The van der Waals surface area contributed by atoms with Gasteiger partial charge in [0.05, 0.1) is 17.5 Å². The molecule has 184 valence electrons. The van der Waals surface area contributed by atoms with Gasteiger partial charge in [0, 0.05) is 31.4 Å². The molecule has 1 aromatic carbocycles. The average molecular weight is 483 g/mol. The number of hydrogen-bond donors (Lipinski definition) is 0. The highest BCUT2D eigenvalue weighted by Crippen LogP contribution is 2.41. The molecule has 2 atom stereocenters. The van der Waals surface area contributed by atoms with Gasteiger partial charge in [-0.1, -0.05) is 0 Å². The fourth-order valence-electron chi connectivity index (χ4n) is 5.10. The van der Waals surface area contributed by atoms with E-state index in [1.807, 2.05) is 25.7 Å². The summed E-state index contributed by atoms with van der Waals surface area (Å²) in [6, 6.07) is 5.02. The van der Waals surface area contributed by atoms with Crippen molar-refractivity contribution in [3.8, 4) is 5.75 Å². The lowest BCUT2D eigenvalue weighted by Gasteiger charge is -2.41. The topological polar surface area (TPSA) is 76.2 Å². The smallest absolute Gasteiger partial charge is 0.410 e. The zero-order valence-electron chi connectivity index (χ0n) is 19.9. The van der Waals surface area contributed by atoms with E-state index in [4.69, 9.17) is 9.47 Å². The largest absolute Gasteiger partial charge is 0.490 e. The fraction of sp³-hybridized carbons (Fsp3) is 0.708. The molecule has 9 heteroatoms. The Bertz CT molecular complexity index is 985. The van der Waals surface area contributed by atoms with E-state index >= 15 is 0 Å². The Morgan fingerprint density at radius 2 is 1.82 bits per heavy atom. The summed E-state index contributed by atoms with van der Waals surface area (Å²) in [4.78, 5) is 16.9. The molecular weight excluding hydrogens is 447 g/mol. The van der Waals surface area contributed by atoms with Crippen LogP contribution in [0.3, 0.4) is 0 Å². The second-order valence-corrected chi connectivity index (χ2v) is 12.6. The number of hydrogen-bond acceptors (Lipinski definition) is 6. The molecule has 2 saturated carbocycles. The van der Waals surface area contributed by atoms with Gasteiger partial charge >= 0.3 is 6.09 Å². The molecule has 1 aliphatic heterocycles. The molecule has 2 aliphatic carbocycles. The van der Waals surface area contributed by atoms with Gasteiger partial charge in [-0.2, -0.15) is 0 Å². The first-order chi connectivity index (χ1) is 15.4. The number of rotatable bonds is 5. The summed E-state index contributed by atoms with van der Waals surface area (Å²) in [5.41, 5.74) is -0.474. The molecule has 0 aromatic heterocycles. The zero-order chi connectivity index (χ0) is 24.0. The van der Waals surface area contributed by atoms with Crippen LogP contribution in [0.4, 0.5) is 9.18 Å². The van der Waals surface area contributed by atoms with Gasteiger partial charge in [0.15, 0.2) is 21.4 Å². The van der Waals surface area contributed by atoms with Crippen molar-refractivity contribution in [3.63, 3.8) is 0 Å². The minimum atomic E-state index is -3.44. The number of nitrogens with zero attached hydrogens (tertiary/aromatic N) is 2. The molecule has 1 saturated heterocycles. The van der Waals surface area contributed by atoms with Gasteiger partial charge in [0.2, 0.25) is 0 Å². The van der Waals surface area contributed by atoms with E-state index in [1.165, 1.54) is 12.1 Å². The van der Waals surface area contributed by atoms with Gasteiger partial charge in [-0.15, -0.1) is 0 Å². The van der Waals surface area contributed by atoms with Crippen molar-refractivity contribution in [2.45, 2.75) is 81.5 Å². The summed E-state index contributed by atoms with van der Waals surface area (Å²) in [6.45, 7) is 7.71. The number of carbonyl (C=O) groups is 1. The Labute approximate surface area is 196 Å². The maximum absolute atomic E-state index is 14.2. The first-order valence-corrected chi connectivity index (χ1v) is 13.7. The van der Waals surface area contributed by atoms with E-state index in [2.05, 4.69) is 4.90 Å². The molecule has 7 nitrogen and oxygen atoms in total. The van der Waals surface area contributed by atoms with Crippen molar-refractivity contribution in [1.82, 2.24) is 9.80 Å². The van der Waals surface area contributed by atoms with Gasteiger partial charge in [-0.05, 0) is 77.0 Å². The van der Waals surface area contributed by atoms with E-state index in [0.29, 0.717) is 31.2 Å². The van der Waals surface area contributed by atoms with Crippen molar-refractivity contribution < 1.29 is 27.1 Å². The van der Waals surface area contributed by atoms with Crippen LogP contribution in [0.1, 0.15) is 52.9 Å². The summed E-state index contributed by atoms with van der Waals surface area (Å²) >= 11 is 0. The molecule has 3 fully saturated rings. The summed E-state index contributed by atoms with van der Waals surface area (Å²) in [6.07, 6.45) is 6.03. The Morgan fingerprint density at radius 3 is 2.42 bits per heavy atom. The highest BCUT2D eigenvalue weighted by Gasteiger charge is 2.53. The first-order valence-electron chi connectivity index (χ1n) is 11.8. The van der Waals surface area contributed by atoms with Crippen LogP contribution in [0.2, 0.25) is 0 Å². The minimum Gasteiger partial charge on any atom is -0.490 e. The number of carbonyl (C=O) groups excluding carboxylic acids is 1. The number of ether oxygens (including phenoxy) is 2. The van der Waals surface area contributed by atoms with Crippen LogP contribution in [0, 0.1) is 11.7 Å². The van der Waals surface area contributed by atoms with Gasteiger partial charge in [0.1, 0.15) is 5.60 Å². The molecule has 0 spiro atoms. The number of fused-ring (bicyclic) bond motifs is 1. The van der Waals surface area contributed by atoms with Gasteiger partial charge in [-0.25, -0.2) is 17.6 Å². The van der Waals surface area contributed by atoms with Crippen molar-refractivity contribution in [3.05, 3.63) is 24.0 Å². The third-order valence-electron chi connectivity index (χ3n) is 6.87. The number of piperazine rings is 1. The van der Waals surface area contributed by atoms with Crippen LogP contribution in [0.15, 0.2) is 23.1 Å². The van der Waals surface area contributed by atoms with Crippen molar-refractivity contribution >= 4 is 15.9 Å². The Hall–Kier alpha value is -1.87. The first kappa shape index (κ1) is 24.3. The minimum absolute atomic E-state index is 0.0435. The van der Waals surface area contributed by atoms with Crippen LogP contribution < -0.4 is 4.74 Å². The number of halogens is 1. The SMILES string of the molecule is CC(C)(C)OC(=O)N1CCN(C2CCC(COc3ccc(S(C)(=O)=O)cc3F)CC2)[C@@H]2CC21. The van der Waals surface area contributed by atoms with E-state index < -0.39 is 21.3 Å². The standard InChI is InChI=1S/C24H35FN2O5S/c1-24(2,3)32-23(28)27-12-11-26(20-14-21(20)27)17-7-5-16(6-8-17)15-31-22-10-9-18(13-19(22)25)33(4,29)30/h9-10,13,16-17,20-21H,5-8,11-12,14-15H2,1-4H3/t16?,17?,20-,21?/m1/s1. The third-order valence-corrected chi connectivity index (χ3v) is 7.98. The summed E-state index contributed by atoms with van der Waals surface area (Å²) < 4.78 is 48.6. The molecule has 1 unspecified atom stereocenters. The summed E-state index contributed by atoms with van der Waals surface area (Å²) in [5.74, 6) is -0.189. The van der Waals surface area contributed by atoms with E-state index in [0.717, 1.165) is 51.0 Å². The molecule has 1 heterocycles. The van der Waals surface area contributed by atoms with Crippen molar-refractivity contribution in [1.29, 1.82) is 0 Å². The molecule has 0 radical (unpaired) electrons. The Morgan fingerprint density at radius 1 is 1.12 bits per heavy atom. The molecule has 4 rings (SSSR count). The lowest BCUT2D eigenvalue weighted by Crippen LogP contribution is -2.53. The summed E-state index contributed by atoms with van der Waals surface area (Å²) in [7, 11) is -3.44. The fourth-order valence-corrected chi connectivity index (χ4v) is 5.73. The van der Waals surface area contributed by atoms with Crippen LogP contribution >= 0.6 is 0 Å². The highest BCUT2D eigenvalue weighted by molar-refractivity contribution is 7.90. The van der Waals surface area contributed by atoms with Gasteiger partial charge in [0.25, 0.3) is 0 Å². The van der Waals surface area contributed by atoms with Crippen LogP contribution in [0.25, 0.3) is 0 Å². The van der Waals surface area contributed by atoms with E-state index in [-0.39, 0.29) is 22.8 Å². The van der Waals surface area contributed by atoms with E-state index in [9.17, 15) is 17.6 Å². The monoisotopic (exact) mass is 482 g/mol. The number of amides is 1. The predicted molar refractivity (Wildman–Crippen MR) is 123 cm³/mol. The van der Waals surface area contributed by atoms with Gasteiger partial charge in [-0.3, -0.25) is 4.90 Å². The Kier molecular flexibility index (Phi) is 6.66. The van der Waals surface area contributed by atoms with Gasteiger partial charge < -0.3 is 14.4 Å². The highest BCUT2D eigenvalue weighted by atomic mass is 32.2. The normalized spacial score (nSPS) is 28.2. The molecule has 33 heavy (non-hydrogen) atoms. The van der Waals surface area contributed by atoms with Crippen LogP contribution in [-0.4, -0.2) is 74.0 Å². The second kappa shape index (κ2) is 9.06. The molecular formula is C24H35FN2O5S. The quantitative estimate of drug-likeness (QED) is 0.634. The predicted octanol–water partition coefficient (Wildman–Crippen LogP) is 3.86. The molecule has 1 amide bonds. The molecule has 0 N–H and O–H groups in total. The Balaban J connectivity index is 1.23. The lowest BCUT2D eigenvalue weighted by molar-refractivity contribution is 0.00528. The zero-order valence-corrected chi connectivity index (χ0v) is 20.7. The van der Waals surface area contributed by atoms with Crippen LogP contribution in [-0.2, 0) is 14.6 Å². The molecule has 0 bridgehead atoms. The average Bonchev–Trinajstić information content (AvgIpc) is 3.51. The number of sulfone groups is 1. The third kappa shape index (κ3) is 5.80. The summed E-state index contributed by atoms with van der Waals surface area (Å²) in [5, 5.41) is 0. The van der Waals surface area contributed by atoms with E-state index in [1.54, 1.807) is 0 Å². The second-order valence-electron chi connectivity index (χ2n) is 10.6. The van der Waals surface area contributed by atoms with Crippen LogP contribution in [0.5, 0.6) is 5.75 Å². The maximum atomic E-state index is 14.2.